The predicted molar refractivity (Wildman–Crippen MR) is 67.3 cm³/mol. The van der Waals surface area contributed by atoms with Crippen LogP contribution in [0.4, 0.5) is 15.9 Å². The van der Waals surface area contributed by atoms with Crippen LogP contribution in [0.25, 0.3) is 0 Å². The van der Waals surface area contributed by atoms with Crippen LogP contribution in [0.15, 0.2) is 29.0 Å². The summed E-state index contributed by atoms with van der Waals surface area (Å²) in [6.07, 6.45) is 2.63. The number of nitro groups is 1. The lowest BCUT2D eigenvalue weighted by Gasteiger charge is -2.07. The van der Waals surface area contributed by atoms with Gasteiger partial charge in [0.15, 0.2) is 5.82 Å². The van der Waals surface area contributed by atoms with Crippen molar-refractivity contribution in [3.05, 3.63) is 44.9 Å². The lowest BCUT2D eigenvalue weighted by atomic mass is 10.3. The van der Waals surface area contributed by atoms with E-state index in [1.165, 1.54) is 12.4 Å². The monoisotopic (exact) mass is 328 g/mol. The van der Waals surface area contributed by atoms with Crippen LogP contribution in [-0.4, -0.2) is 14.9 Å². The first-order chi connectivity index (χ1) is 8.99. The van der Waals surface area contributed by atoms with E-state index in [0.717, 1.165) is 12.1 Å². The number of hydrogen-bond donors (Lipinski definition) is 1. The van der Waals surface area contributed by atoms with E-state index >= 15 is 0 Å². The van der Waals surface area contributed by atoms with Gasteiger partial charge in [-0.3, -0.25) is 10.1 Å². The Bertz CT molecular complexity index is 653. The summed E-state index contributed by atoms with van der Waals surface area (Å²) in [7, 11) is 0. The summed E-state index contributed by atoms with van der Waals surface area (Å²) in [6, 6.07) is 1.87. The van der Waals surface area contributed by atoms with E-state index in [2.05, 4.69) is 25.9 Å². The summed E-state index contributed by atoms with van der Waals surface area (Å²) in [5.41, 5.74) is 5.07. The van der Waals surface area contributed by atoms with Crippen LogP contribution in [0, 0.1) is 15.9 Å². The molecular formula is C10H6BrFN4O3. The topological polar surface area (TPSA) is 104 Å². The highest BCUT2D eigenvalue weighted by Gasteiger charge is 2.20. The summed E-state index contributed by atoms with van der Waals surface area (Å²) >= 11 is 2.86. The summed E-state index contributed by atoms with van der Waals surface area (Å²) in [5, 5.41) is 10.9. The van der Waals surface area contributed by atoms with Crippen molar-refractivity contribution in [3.8, 4) is 11.6 Å². The Labute approximate surface area is 114 Å². The minimum absolute atomic E-state index is 0.0429. The first-order valence-corrected chi connectivity index (χ1v) is 5.66. The van der Waals surface area contributed by atoms with Crippen LogP contribution in [0.1, 0.15) is 0 Å². The van der Waals surface area contributed by atoms with Gasteiger partial charge >= 0.3 is 5.69 Å². The van der Waals surface area contributed by atoms with Crippen molar-refractivity contribution < 1.29 is 14.1 Å². The fraction of sp³-hybridized carbons (Fsp3) is 0. The fourth-order valence-corrected chi connectivity index (χ4v) is 1.59. The quantitative estimate of drug-likeness (QED) is 0.686. The molecule has 0 amide bonds. The Balaban J connectivity index is 2.48. The van der Waals surface area contributed by atoms with Gasteiger partial charge in [0.05, 0.1) is 9.40 Å². The Kier molecular flexibility index (Phi) is 3.56. The van der Waals surface area contributed by atoms with Gasteiger partial charge in [-0.05, 0) is 15.9 Å². The molecule has 0 aliphatic rings. The molecule has 1 aromatic heterocycles. The molecule has 0 unspecified atom stereocenters. The van der Waals surface area contributed by atoms with Gasteiger partial charge in [-0.15, -0.1) is 0 Å². The number of ether oxygens (including phenoxy) is 1. The molecule has 0 spiro atoms. The third kappa shape index (κ3) is 2.76. The number of nitro benzene ring substituents is 1. The van der Waals surface area contributed by atoms with Crippen LogP contribution < -0.4 is 10.5 Å². The summed E-state index contributed by atoms with van der Waals surface area (Å²) < 4.78 is 18.5. The summed E-state index contributed by atoms with van der Waals surface area (Å²) in [6.45, 7) is 0. The van der Waals surface area contributed by atoms with Gasteiger partial charge in [-0.1, -0.05) is 0 Å². The lowest BCUT2D eigenvalue weighted by molar-refractivity contribution is -0.385. The van der Waals surface area contributed by atoms with Crippen molar-refractivity contribution in [1.29, 1.82) is 0 Å². The number of nitrogen functional groups attached to an aromatic ring is 1. The SMILES string of the molecule is Nc1nccnc1Oc1cc(F)c(Br)cc1[N+](=O)[O-]. The number of nitrogens with zero attached hydrogens (tertiary/aromatic N) is 3. The third-order valence-electron chi connectivity index (χ3n) is 2.10. The van der Waals surface area contributed by atoms with Crippen molar-refractivity contribution >= 4 is 27.4 Å². The second-order valence-corrected chi connectivity index (χ2v) is 4.19. The first-order valence-electron chi connectivity index (χ1n) is 4.87. The first kappa shape index (κ1) is 13.1. The predicted octanol–water partition coefficient (Wildman–Crippen LogP) is 2.66. The molecule has 19 heavy (non-hydrogen) atoms. The van der Waals surface area contributed by atoms with Gasteiger partial charge in [-0.2, -0.15) is 0 Å². The van der Waals surface area contributed by atoms with E-state index in [9.17, 15) is 14.5 Å². The van der Waals surface area contributed by atoms with Gasteiger partial charge in [0.2, 0.25) is 5.75 Å². The molecule has 1 heterocycles. The largest absolute Gasteiger partial charge is 0.428 e. The Hall–Kier alpha value is -2.29. The zero-order valence-corrected chi connectivity index (χ0v) is 10.8. The van der Waals surface area contributed by atoms with Crippen molar-refractivity contribution in [2.45, 2.75) is 0 Å². The van der Waals surface area contributed by atoms with Gasteiger partial charge in [0.1, 0.15) is 5.82 Å². The molecular weight excluding hydrogens is 323 g/mol. The highest BCUT2D eigenvalue weighted by molar-refractivity contribution is 9.10. The molecule has 2 N–H and O–H groups in total. The van der Waals surface area contributed by atoms with E-state index in [1.54, 1.807) is 0 Å². The molecule has 0 saturated heterocycles. The molecule has 7 nitrogen and oxygen atoms in total. The maximum absolute atomic E-state index is 13.4. The van der Waals surface area contributed by atoms with Gasteiger partial charge < -0.3 is 10.5 Å². The molecule has 0 bridgehead atoms. The standard InChI is InChI=1S/C10H6BrFN4O3/c11-5-3-7(16(17)18)8(4-6(5)12)19-10-9(13)14-1-2-15-10/h1-4H,(H2,13,14). The molecule has 0 saturated carbocycles. The minimum atomic E-state index is -0.705. The Morgan fingerprint density at radius 2 is 2.05 bits per heavy atom. The molecule has 98 valence electrons. The second-order valence-electron chi connectivity index (χ2n) is 3.34. The molecule has 0 aliphatic heterocycles. The molecule has 9 heteroatoms. The minimum Gasteiger partial charge on any atom is -0.428 e. The molecule has 0 fully saturated rings. The lowest BCUT2D eigenvalue weighted by Crippen LogP contribution is -2.00. The fourth-order valence-electron chi connectivity index (χ4n) is 1.26. The number of nitrogens with two attached hydrogens (primary N) is 1. The molecule has 2 aromatic rings. The Morgan fingerprint density at radius 3 is 2.68 bits per heavy atom. The number of anilines is 1. The van der Waals surface area contributed by atoms with Crippen molar-refractivity contribution in [2.24, 2.45) is 0 Å². The summed E-state index contributed by atoms with van der Waals surface area (Å²) in [4.78, 5) is 17.6. The molecule has 2 rings (SSSR count). The highest BCUT2D eigenvalue weighted by Crippen LogP contribution is 2.35. The molecule has 0 aliphatic carbocycles. The third-order valence-corrected chi connectivity index (χ3v) is 2.70. The number of hydrogen-bond acceptors (Lipinski definition) is 6. The van der Waals surface area contributed by atoms with Crippen LogP contribution in [0.3, 0.4) is 0 Å². The molecule has 0 atom stereocenters. The van der Waals surface area contributed by atoms with Crippen LogP contribution in [0.5, 0.6) is 11.6 Å². The average Bonchev–Trinajstić information content (AvgIpc) is 2.36. The zero-order valence-electron chi connectivity index (χ0n) is 9.21. The summed E-state index contributed by atoms with van der Waals surface area (Å²) in [5.74, 6) is -1.20. The van der Waals surface area contributed by atoms with E-state index in [-0.39, 0.29) is 21.9 Å². The number of aromatic nitrogens is 2. The normalized spacial score (nSPS) is 10.2. The van der Waals surface area contributed by atoms with Crippen LogP contribution >= 0.6 is 15.9 Å². The van der Waals surface area contributed by atoms with E-state index in [0.29, 0.717) is 0 Å². The van der Waals surface area contributed by atoms with E-state index < -0.39 is 16.4 Å². The van der Waals surface area contributed by atoms with Crippen molar-refractivity contribution in [1.82, 2.24) is 9.97 Å². The van der Waals surface area contributed by atoms with Crippen LogP contribution in [0.2, 0.25) is 0 Å². The van der Waals surface area contributed by atoms with Crippen LogP contribution in [-0.2, 0) is 0 Å². The zero-order chi connectivity index (χ0) is 14.0. The smallest absolute Gasteiger partial charge is 0.312 e. The average molecular weight is 329 g/mol. The van der Waals surface area contributed by atoms with E-state index in [4.69, 9.17) is 10.5 Å². The highest BCUT2D eigenvalue weighted by atomic mass is 79.9. The van der Waals surface area contributed by atoms with Crippen molar-refractivity contribution in [2.75, 3.05) is 5.73 Å². The molecule has 1 aromatic carbocycles. The number of rotatable bonds is 3. The maximum Gasteiger partial charge on any atom is 0.312 e. The van der Waals surface area contributed by atoms with Crippen molar-refractivity contribution in [3.63, 3.8) is 0 Å². The van der Waals surface area contributed by atoms with E-state index in [1.807, 2.05) is 0 Å². The van der Waals surface area contributed by atoms with Gasteiger partial charge in [-0.25, -0.2) is 14.4 Å². The molecule has 0 radical (unpaired) electrons. The van der Waals surface area contributed by atoms with Gasteiger partial charge in [0, 0.05) is 24.5 Å². The Morgan fingerprint density at radius 1 is 1.37 bits per heavy atom. The second kappa shape index (κ2) is 5.14. The maximum atomic E-state index is 13.4. The van der Waals surface area contributed by atoms with Gasteiger partial charge in [0.25, 0.3) is 5.88 Å². The number of halogens is 2. The number of benzene rings is 1.